The Labute approximate surface area is 171 Å². The predicted molar refractivity (Wildman–Crippen MR) is 115 cm³/mol. The number of imidazole rings is 1. The van der Waals surface area contributed by atoms with Crippen molar-refractivity contribution in [1.29, 1.82) is 0 Å². The van der Waals surface area contributed by atoms with Crippen LogP contribution in [0, 0.1) is 0 Å². The molecule has 0 aliphatic carbocycles. The van der Waals surface area contributed by atoms with Gasteiger partial charge in [-0.3, -0.25) is 0 Å². The van der Waals surface area contributed by atoms with Crippen molar-refractivity contribution in [2.45, 2.75) is 12.5 Å². The normalized spacial score (nSPS) is 10.9. The van der Waals surface area contributed by atoms with Gasteiger partial charge in [0, 0.05) is 24.9 Å². The molecule has 0 aliphatic heterocycles. The molecule has 0 aliphatic rings. The second kappa shape index (κ2) is 8.65. The summed E-state index contributed by atoms with van der Waals surface area (Å²) >= 11 is 0. The predicted octanol–water partition coefficient (Wildman–Crippen LogP) is 5.13. The lowest BCUT2D eigenvalue weighted by molar-refractivity contribution is 0.414. The first kappa shape index (κ1) is 18.8. The molecule has 0 spiro atoms. The zero-order valence-corrected chi connectivity index (χ0v) is 16.7. The summed E-state index contributed by atoms with van der Waals surface area (Å²) in [6.45, 7) is 0.797. The smallest absolute Gasteiger partial charge is 0.118 e. The first-order chi connectivity index (χ1) is 14.3. The highest BCUT2D eigenvalue weighted by atomic mass is 16.5. The number of hydrogen-bond donors (Lipinski definition) is 0. The monoisotopic (exact) mass is 384 g/mol. The molecular weight excluding hydrogens is 360 g/mol. The SMILES string of the molecule is COc1ccc(C(c2ccc(OC)cc2)c2cccc(Cn3ccnc3)c2)cc1. The Balaban J connectivity index is 1.74. The Morgan fingerprint density at radius 3 is 1.93 bits per heavy atom. The van der Waals surface area contributed by atoms with Gasteiger partial charge in [0.05, 0.1) is 20.5 Å². The average Bonchev–Trinajstić information content (AvgIpc) is 3.28. The van der Waals surface area contributed by atoms with Crippen molar-refractivity contribution in [3.8, 4) is 11.5 Å². The number of ether oxygens (including phenoxy) is 2. The van der Waals surface area contributed by atoms with Gasteiger partial charge in [-0.1, -0.05) is 48.5 Å². The molecule has 0 amide bonds. The van der Waals surface area contributed by atoms with Gasteiger partial charge < -0.3 is 14.0 Å². The molecule has 0 bridgehead atoms. The largest absolute Gasteiger partial charge is 0.497 e. The highest BCUT2D eigenvalue weighted by Gasteiger charge is 2.17. The number of rotatable bonds is 7. The van der Waals surface area contributed by atoms with E-state index in [1.807, 2.05) is 36.8 Å². The van der Waals surface area contributed by atoms with E-state index in [9.17, 15) is 0 Å². The highest BCUT2D eigenvalue weighted by molar-refractivity contribution is 5.46. The molecule has 4 heteroatoms. The molecule has 0 atom stereocenters. The summed E-state index contributed by atoms with van der Waals surface area (Å²) in [5.74, 6) is 1.83. The maximum Gasteiger partial charge on any atom is 0.118 e. The third-order valence-electron chi connectivity index (χ3n) is 5.11. The van der Waals surface area contributed by atoms with Gasteiger partial charge in [0.15, 0.2) is 0 Å². The van der Waals surface area contributed by atoms with E-state index in [1.165, 1.54) is 22.3 Å². The molecule has 0 saturated carbocycles. The van der Waals surface area contributed by atoms with E-state index in [-0.39, 0.29) is 5.92 Å². The molecule has 4 rings (SSSR count). The lowest BCUT2D eigenvalue weighted by atomic mass is 9.84. The molecule has 0 fully saturated rings. The number of hydrogen-bond acceptors (Lipinski definition) is 3. The maximum atomic E-state index is 5.34. The van der Waals surface area contributed by atoms with Gasteiger partial charge in [-0.2, -0.15) is 0 Å². The molecule has 0 saturated heterocycles. The van der Waals surface area contributed by atoms with Gasteiger partial charge in [0.2, 0.25) is 0 Å². The van der Waals surface area contributed by atoms with Gasteiger partial charge in [-0.05, 0) is 46.5 Å². The van der Waals surface area contributed by atoms with Crippen molar-refractivity contribution in [2.75, 3.05) is 14.2 Å². The Morgan fingerprint density at radius 2 is 1.41 bits per heavy atom. The van der Waals surface area contributed by atoms with Gasteiger partial charge >= 0.3 is 0 Å². The topological polar surface area (TPSA) is 36.3 Å². The van der Waals surface area contributed by atoms with Crippen LogP contribution >= 0.6 is 0 Å². The van der Waals surface area contributed by atoms with Crippen LogP contribution in [0.2, 0.25) is 0 Å². The Bertz CT molecular complexity index is 992. The van der Waals surface area contributed by atoms with E-state index >= 15 is 0 Å². The van der Waals surface area contributed by atoms with Crippen LogP contribution in [-0.2, 0) is 6.54 Å². The van der Waals surface area contributed by atoms with E-state index in [0.717, 1.165) is 18.0 Å². The molecule has 1 heterocycles. The Kier molecular flexibility index (Phi) is 5.61. The van der Waals surface area contributed by atoms with Crippen LogP contribution in [0.4, 0.5) is 0 Å². The number of benzene rings is 3. The maximum absolute atomic E-state index is 5.34. The zero-order chi connectivity index (χ0) is 20.1. The molecular formula is C25H24N2O2. The van der Waals surface area contributed by atoms with Crippen molar-refractivity contribution in [2.24, 2.45) is 0 Å². The third-order valence-corrected chi connectivity index (χ3v) is 5.11. The van der Waals surface area contributed by atoms with Crippen LogP contribution in [0.25, 0.3) is 0 Å². The standard InChI is InChI=1S/C25H24N2O2/c1-28-23-10-6-20(7-11-23)25(21-8-12-24(29-2)13-9-21)22-5-3-4-19(16-22)17-27-15-14-26-18-27/h3-16,18,25H,17H2,1-2H3. The minimum Gasteiger partial charge on any atom is -0.497 e. The molecule has 0 N–H and O–H groups in total. The van der Waals surface area contributed by atoms with Crippen LogP contribution in [0.5, 0.6) is 11.5 Å². The number of methoxy groups -OCH3 is 2. The number of nitrogens with zero attached hydrogens (tertiary/aromatic N) is 2. The second-order valence-electron chi connectivity index (χ2n) is 6.96. The molecule has 146 valence electrons. The van der Waals surface area contributed by atoms with E-state index in [4.69, 9.17) is 9.47 Å². The van der Waals surface area contributed by atoms with Crippen molar-refractivity contribution in [3.05, 3.63) is 114 Å². The fourth-order valence-corrected chi connectivity index (χ4v) is 3.63. The molecule has 0 unspecified atom stereocenters. The van der Waals surface area contributed by atoms with Crippen LogP contribution in [0.3, 0.4) is 0 Å². The average molecular weight is 384 g/mol. The summed E-state index contributed by atoms with van der Waals surface area (Å²) in [4.78, 5) is 4.14. The van der Waals surface area contributed by atoms with E-state index in [1.54, 1.807) is 20.4 Å². The first-order valence-electron chi connectivity index (χ1n) is 9.59. The second-order valence-corrected chi connectivity index (χ2v) is 6.96. The van der Waals surface area contributed by atoms with Crippen LogP contribution in [-0.4, -0.2) is 23.8 Å². The third kappa shape index (κ3) is 4.32. The zero-order valence-electron chi connectivity index (χ0n) is 16.7. The molecule has 4 aromatic rings. The van der Waals surface area contributed by atoms with E-state index in [0.29, 0.717) is 0 Å². The molecule has 0 radical (unpaired) electrons. The van der Waals surface area contributed by atoms with Crippen molar-refractivity contribution in [3.63, 3.8) is 0 Å². The summed E-state index contributed by atoms with van der Waals surface area (Å²) in [5, 5.41) is 0. The first-order valence-corrected chi connectivity index (χ1v) is 9.59. The van der Waals surface area contributed by atoms with Crippen LogP contribution in [0.15, 0.2) is 91.5 Å². The summed E-state index contributed by atoms with van der Waals surface area (Å²) in [7, 11) is 3.38. The molecule has 1 aromatic heterocycles. The highest BCUT2D eigenvalue weighted by Crippen LogP contribution is 2.34. The van der Waals surface area contributed by atoms with Gasteiger partial charge in [-0.15, -0.1) is 0 Å². The fraction of sp³-hybridized carbons (Fsp3) is 0.160. The fourth-order valence-electron chi connectivity index (χ4n) is 3.63. The van der Waals surface area contributed by atoms with Crippen molar-refractivity contribution < 1.29 is 9.47 Å². The van der Waals surface area contributed by atoms with E-state index in [2.05, 4.69) is 58.1 Å². The summed E-state index contributed by atoms with van der Waals surface area (Å²) < 4.78 is 12.8. The summed E-state index contributed by atoms with van der Waals surface area (Å²) in [6, 6.07) is 25.4. The lowest BCUT2D eigenvalue weighted by Gasteiger charge is -2.20. The Hall–Kier alpha value is -3.53. The summed E-state index contributed by atoms with van der Waals surface area (Å²) in [5.41, 5.74) is 4.93. The molecule has 29 heavy (non-hydrogen) atoms. The van der Waals surface area contributed by atoms with Crippen LogP contribution < -0.4 is 9.47 Å². The van der Waals surface area contributed by atoms with Gasteiger partial charge in [0.25, 0.3) is 0 Å². The lowest BCUT2D eigenvalue weighted by Crippen LogP contribution is -2.05. The molecule has 3 aromatic carbocycles. The van der Waals surface area contributed by atoms with Gasteiger partial charge in [-0.25, -0.2) is 4.98 Å². The van der Waals surface area contributed by atoms with Crippen molar-refractivity contribution >= 4 is 0 Å². The molecule has 4 nitrogen and oxygen atoms in total. The summed E-state index contributed by atoms with van der Waals surface area (Å²) in [6.07, 6.45) is 5.63. The van der Waals surface area contributed by atoms with Gasteiger partial charge in [0.1, 0.15) is 11.5 Å². The van der Waals surface area contributed by atoms with Crippen molar-refractivity contribution in [1.82, 2.24) is 9.55 Å². The number of aromatic nitrogens is 2. The quantitative estimate of drug-likeness (QED) is 0.415. The minimum atomic E-state index is 0.120. The van der Waals surface area contributed by atoms with E-state index < -0.39 is 0 Å². The Morgan fingerprint density at radius 1 is 0.793 bits per heavy atom. The van der Waals surface area contributed by atoms with Crippen LogP contribution in [0.1, 0.15) is 28.2 Å². The minimum absolute atomic E-state index is 0.120.